The summed E-state index contributed by atoms with van der Waals surface area (Å²) in [6.45, 7) is 3.98. The molecule has 1 amide bonds. The highest BCUT2D eigenvalue weighted by Gasteiger charge is 2.16. The molecule has 0 bridgehead atoms. The van der Waals surface area contributed by atoms with Crippen LogP contribution < -0.4 is 10.2 Å². The molecule has 0 saturated heterocycles. The Hall–Kier alpha value is -2.38. The number of hydrogen-bond donors (Lipinski definition) is 1. The van der Waals surface area contributed by atoms with E-state index in [0.29, 0.717) is 12.3 Å². The van der Waals surface area contributed by atoms with Crippen molar-refractivity contribution in [3.8, 4) is 5.75 Å². The van der Waals surface area contributed by atoms with Crippen molar-refractivity contribution in [2.75, 3.05) is 6.61 Å². The monoisotopic (exact) mass is 385 g/mol. The first-order valence-electron chi connectivity index (χ1n) is 8.15. The number of aromatic nitrogens is 1. The Bertz CT molecular complexity index is 876. The van der Waals surface area contributed by atoms with Crippen molar-refractivity contribution >= 4 is 44.9 Å². The summed E-state index contributed by atoms with van der Waals surface area (Å²) in [7, 11) is 0. The van der Waals surface area contributed by atoms with Crippen LogP contribution >= 0.6 is 23.1 Å². The zero-order valence-electron chi connectivity index (χ0n) is 14.5. The van der Waals surface area contributed by atoms with Crippen LogP contribution in [-0.2, 0) is 4.79 Å². The number of carbonyl (C=O) groups is 1. The van der Waals surface area contributed by atoms with Gasteiger partial charge in [-0.15, -0.1) is 11.3 Å². The largest absolute Gasteiger partial charge is 0.488 e. The van der Waals surface area contributed by atoms with E-state index in [1.165, 1.54) is 11.8 Å². The molecule has 1 atom stereocenters. The zero-order chi connectivity index (χ0) is 18.4. The quantitative estimate of drug-likeness (QED) is 0.373. The molecule has 0 aliphatic rings. The van der Waals surface area contributed by atoms with Gasteiger partial charge in [0.15, 0.2) is 4.34 Å². The number of benzene rings is 2. The van der Waals surface area contributed by atoms with Gasteiger partial charge in [-0.2, -0.15) is 5.10 Å². The van der Waals surface area contributed by atoms with Gasteiger partial charge < -0.3 is 4.74 Å². The highest BCUT2D eigenvalue weighted by molar-refractivity contribution is 8.02. The Morgan fingerprint density at radius 2 is 1.96 bits per heavy atom. The Balaban J connectivity index is 1.50. The molecule has 134 valence electrons. The maximum atomic E-state index is 12.2. The molecule has 0 saturated carbocycles. The second kappa shape index (κ2) is 8.82. The van der Waals surface area contributed by atoms with Crippen molar-refractivity contribution in [1.82, 2.24) is 10.4 Å². The number of thioether (sulfide) groups is 1. The average molecular weight is 386 g/mol. The number of fused-ring (bicyclic) bond motifs is 1. The molecule has 0 fully saturated rings. The number of carbonyl (C=O) groups excluding carboxylic acids is 1. The molecule has 0 aliphatic carbocycles. The first-order valence-corrected chi connectivity index (χ1v) is 9.84. The van der Waals surface area contributed by atoms with E-state index in [-0.39, 0.29) is 11.2 Å². The Labute approximate surface area is 160 Å². The van der Waals surface area contributed by atoms with Gasteiger partial charge in [0, 0.05) is 0 Å². The summed E-state index contributed by atoms with van der Waals surface area (Å²) in [6, 6.07) is 17.4. The van der Waals surface area contributed by atoms with Crippen LogP contribution in [-0.4, -0.2) is 28.5 Å². The van der Waals surface area contributed by atoms with E-state index in [1.54, 1.807) is 11.3 Å². The van der Waals surface area contributed by atoms with Crippen LogP contribution in [0.2, 0.25) is 0 Å². The molecule has 1 heterocycles. The third kappa shape index (κ3) is 5.06. The van der Waals surface area contributed by atoms with Crippen LogP contribution in [0.1, 0.15) is 13.8 Å². The van der Waals surface area contributed by atoms with E-state index in [4.69, 9.17) is 4.74 Å². The van der Waals surface area contributed by atoms with Crippen molar-refractivity contribution in [1.29, 1.82) is 0 Å². The molecule has 0 radical (unpaired) electrons. The molecule has 0 spiro atoms. The summed E-state index contributed by atoms with van der Waals surface area (Å²) in [6.07, 6.45) is 0. The van der Waals surface area contributed by atoms with Gasteiger partial charge in [-0.1, -0.05) is 42.1 Å². The van der Waals surface area contributed by atoms with Gasteiger partial charge in [0.25, 0.3) is 5.91 Å². The number of hydrogen-bond acceptors (Lipinski definition) is 6. The topological polar surface area (TPSA) is 63.6 Å². The molecule has 1 aromatic heterocycles. The molecule has 5 nitrogen and oxygen atoms in total. The number of ether oxygens (including phenoxy) is 1. The lowest BCUT2D eigenvalue weighted by molar-refractivity contribution is -0.120. The summed E-state index contributed by atoms with van der Waals surface area (Å²) in [5, 5.41) is 3.82. The standard InChI is InChI=1S/C19H19N3O2S2/c1-13(12-24-15-8-4-3-5-9-15)21-22-18(23)14(2)25-19-20-16-10-6-7-11-17(16)26-19/h3-11,14H,12H2,1-2H3,(H,22,23)/b21-13+/t14-/m1/s1. The maximum Gasteiger partial charge on any atom is 0.253 e. The van der Waals surface area contributed by atoms with E-state index >= 15 is 0 Å². The van der Waals surface area contributed by atoms with Crippen LogP contribution in [0, 0.1) is 0 Å². The van der Waals surface area contributed by atoms with Crippen molar-refractivity contribution in [3.63, 3.8) is 0 Å². The number of nitrogens with zero attached hydrogens (tertiary/aromatic N) is 2. The van der Waals surface area contributed by atoms with Gasteiger partial charge in [-0.05, 0) is 38.1 Å². The van der Waals surface area contributed by atoms with Gasteiger partial charge in [0.05, 0.1) is 21.2 Å². The number of thiazole rings is 1. The molecule has 0 aliphatic heterocycles. The first-order chi connectivity index (χ1) is 12.6. The fourth-order valence-electron chi connectivity index (χ4n) is 2.08. The lowest BCUT2D eigenvalue weighted by Crippen LogP contribution is -2.28. The second-order valence-electron chi connectivity index (χ2n) is 5.63. The molecule has 1 N–H and O–H groups in total. The number of amides is 1. The van der Waals surface area contributed by atoms with Crippen LogP contribution in [0.4, 0.5) is 0 Å². The molecule has 3 rings (SSSR count). The van der Waals surface area contributed by atoms with E-state index in [0.717, 1.165) is 20.3 Å². The van der Waals surface area contributed by atoms with Crippen molar-refractivity contribution in [2.24, 2.45) is 5.10 Å². The number of nitrogens with one attached hydrogen (secondary N) is 1. The SMILES string of the molecule is C/C(COc1ccccc1)=N\NC(=O)[C@@H](C)Sc1nc2ccccc2s1. The molecule has 26 heavy (non-hydrogen) atoms. The summed E-state index contributed by atoms with van der Waals surface area (Å²) in [4.78, 5) is 16.8. The Kier molecular flexibility index (Phi) is 6.25. The van der Waals surface area contributed by atoms with Gasteiger partial charge in [0.2, 0.25) is 0 Å². The van der Waals surface area contributed by atoms with E-state index in [2.05, 4.69) is 15.5 Å². The lowest BCUT2D eigenvalue weighted by Gasteiger charge is -2.09. The fraction of sp³-hybridized carbons (Fsp3) is 0.211. The van der Waals surface area contributed by atoms with Crippen LogP contribution in [0.15, 0.2) is 64.0 Å². The Morgan fingerprint density at radius 3 is 2.73 bits per heavy atom. The molecule has 0 unspecified atom stereocenters. The maximum absolute atomic E-state index is 12.2. The summed E-state index contributed by atoms with van der Waals surface area (Å²) in [5.74, 6) is 0.612. The summed E-state index contributed by atoms with van der Waals surface area (Å²) in [5.41, 5.74) is 4.25. The second-order valence-corrected chi connectivity index (χ2v) is 8.25. The van der Waals surface area contributed by atoms with E-state index in [9.17, 15) is 4.79 Å². The zero-order valence-corrected chi connectivity index (χ0v) is 16.1. The lowest BCUT2D eigenvalue weighted by atomic mass is 10.3. The van der Waals surface area contributed by atoms with Gasteiger partial charge >= 0.3 is 0 Å². The minimum Gasteiger partial charge on any atom is -0.488 e. The number of rotatable bonds is 7. The summed E-state index contributed by atoms with van der Waals surface area (Å²) < 4.78 is 7.59. The number of hydrazone groups is 1. The third-order valence-corrected chi connectivity index (χ3v) is 5.70. The minimum atomic E-state index is -0.290. The van der Waals surface area contributed by atoms with Crippen molar-refractivity contribution in [3.05, 3.63) is 54.6 Å². The smallest absolute Gasteiger partial charge is 0.253 e. The predicted octanol–water partition coefficient (Wildman–Crippen LogP) is 4.35. The van der Waals surface area contributed by atoms with E-state index < -0.39 is 0 Å². The van der Waals surface area contributed by atoms with Gasteiger partial charge in [-0.3, -0.25) is 4.79 Å². The minimum absolute atomic E-state index is 0.159. The molecule has 7 heteroatoms. The molecule has 2 aromatic carbocycles. The highest BCUT2D eigenvalue weighted by Crippen LogP contribution is 2.31. The Morgan fingerprint density at radius 1 is 1.23 bits per heavy atom. The van der Waals surface area contributed by atoms with Gasteiger partial charge in [-0.25, -0.2) is 10.4 Å². The van der Waals surface area contributed by atoms with Crippen LogP contribution in [0.5, 0.6) is 5.75 Å². The van der Waals surface area contributed by atoms with Crippen LogP contribution in [0.25, 0.3) is 10.2 Å². The van der Waals surface area contributed by atoms with Gasteiger partial charge in [0.1, 0.15) is 12.4 Å². The molecular weight excluding hydrogens is 366 g/mol. The van der Waals surface area contributed by atoms with Crippen molar-refractivity contribution in [2.45, 2.75) is 23.4 Å². The van der Waals surface area contributed by atoms with Crippen molar-refractivity contribution < 1.29 is 9.53 Å². The third-order valence-electron chi connectivity index (χ3n) is 3.47. The average Bonchev–Trinajstić information content (AvgIpc) is 3.07. The summed E-state index contributed by atoms with van der Waals surface area (Å²) >= 11 is 3.02. The predicted molar refractivity (Wildman–Crippen MR) is 108 cm³/mol. The normalized spacial score (nSPS) is 12.8. The molecular formula is C19H19N3O2S2. The van der Waals surface area contributed by atoms with E-state index in [1.807, 2.05) is 68.4 Å². The molecule has 3 aromatic rings. The van der Waals surface area contributed by atoms with Crippen LogP contribution in [0.3, 0.4) is 0 Å². The number of para-hydroxylation sites is 2. The highest BCUT2D eigenvalue weighted by atomic mass is 32.2. The fourth-order valence-corrected chi connectivity index (χ4v) is 4.29. The first kappa shape index (κ1) is 18.4.